The molecule has 1 nitrogen and oxygen atoms in total. The summed E-state index contributed by atoms with van der Waals surface area (Å²) in [6.45, 7) is 13.6. The van der Waals surface area contributed by atoms with Crippen LogP contribution in [0.4, 0.5) is 0 Å². The molecule has 0 atom stereocenters. The summed E-state index contributed by atoms with van der Waals surface area (Å²) in [5.41, 5.74) is 0. The van der Waals surface area contributed by atoms with E-state index in [1.165, 1.54) is 19.3 Å². The van der Waals surface area contributed by atoms with E-state index in [-0.39, 0.29) is 0 Å². The van der Waals surface area contributed by atoms with Gasteiger partial charge in [-0.1, -0.05) is 19.8 Å². The van der Waals surface area contributed by atoms with Crippen molar-refractivity contribution in [2.24, 2.45) is 0 Å². The van der Waals surface area contributed by atoms with Crippen LogP contribution in [-0.4, -0.2) is 17.0 Å². The molecule has 0 aliphatic heterocycles. The van der Waals surface area contributed by atoms with Crippen molar-refractivity contribution in [1.82, 2.24) is 4.90 Å². The highest BCUT2D eigenvalue weighted by molar-refractivity contribution is 4.75. The molecule has 0 amide bonds. The second-order valence-corrected chi connectivity index (χ2v) is 3.96. The monoisotopic (exact) mass is 170 g/mol. The molecule has 12 heavy (non-hydrogen) atoms. The van der Waals surface area contributed by atoms with E-state index in [1.54, 1.807) is 0 Å². The lowest BCUT2D eigenvalue weighted by Crippen LogP contribution is -2.34. The maximum absolute atomic E-state index is 2.44. The van der Waals surface area contributed by atoms with E-state index in [4.69, 9.17) is 0 Å². The summed E-state index contributed by atoms with van der Waals surface area (Å²) in [6.07, 6.45) is 3.84. The van der Waals surface area contributed by atoms with Crippen LogP contribution in [0, 0.1) is 6.54 Å². The van der Waals surface area contributed by atoms with Crippen LogP contribution in [0.25, 0.3) is 0 Å². The first-order valence-electron chi connectivity index (χ1n) is 5.20. The fraction of sp³-hybridized carbons (Fsp3) is 0.909. The first-order chi connectivity index (χ1) is 5.59. The Morgan fingerprint density at radius 3 is 1.92 bits per heavy atom. The van der Waals surface area contributed by atoms with E-state index in [2.05, 4.69) is 46.1 Å². The van der Waals surface area contributed by atoms with Crippen molar-refractivity contribution in [2.75, 3.05) is 0 Å². The second-order valence-electron chi connectivity index (χ2n) is 3.96. The molecule has 0 saturated heterocycles. The van der Waals surface area contributed by atoms with Crippen molar-refractivity contribution in [1.29, 1.82) is 0 Å². The molecule has 0 aliphatic rings. The number of nitrogens with zero attached hydrogens (tertiary/aromatic N) is 1. The summed E-state index contributed by atoms with van der Waals surface area (Å²) >= 11 is 0. The molecule has 0 aliphatic carbocycles. The molecule has 0 aromatic heterocycles. The predicted molar refractivity (Wildman–Crippen MR) is 55.9 cm³/mol. The molecule has 1 heteroatoms. The van der Waals surface area contributed by atoms with Crippen LogP contribution < -0.4 is 0 Å². The minimum Gasteiger partial charge on any atom is -0.294 e. The minimum absolute atomic E-state index is 0.641. The third-order valence-electron chi connectivity index (χ3n) is 2.09. The zero-order valence-electron chi connectivity index (χ0n) is 9.30. The minimum atomic E-state index is 0.641. The van der Waals surface area contributed by atoms with E-state index in [0.717, 1.165) is 0 Å². The van der Waals surface area contributed by atoms with Crippen molar-refractivity contribution in [3.8, 4) is 0 Å². The Labute approximate surface area is 78.1 Å². The highest BCUT2D eigenvalue weighted by Gasteiger charge is 2.11. The standard InChI is InChI=1S/C11H24N/c1-6-7-8-9-12(10(2)3)11(4)5/h9-11H,6-8H2,1-5H3. The Morgan fingerprint density at radius 2 is 1.58 bits per heavy atom. The van der Waals surface area contributed by atoms with Gasteiger partial charge in [-0.2, -0.15) is 0 Å². The van der Waals surface area contributed by atoms with Gasteiger partial charge in [-0.25, -0.2) is 0 Å². The smallest absolute Gasteiger partial charge is 0.0257 e. The summed E-state index contributed by atoms with van der Waals surface area (Å²) in [7, 11) is 0. The van der Waals surface area contributed by atoms with Gasteiger partial charge >= 0.3 is 0 Å². The van der Waals surface area contributed by atoms with Crippen molar-refractivity contribution < 1.29 is 0 Å². The summed E-state index contributed by atoms with van der Waals surface area (Å²) < 4.78 is 0. The molecular weight excluding hydrogens is 146 g/mol. The quantitative estimate of drug-likeness (QED) is 0.552. The molecule has 1 radical (unpaired) electrons. The Kier molecular flexibility index (Phi) is 6.45. The summed E-state index contributed by atoms with van der Waals surface area (Å²) in [5.74, 6) is 0. The number of unbranched alkanes of at least 4 members (excludes halogenated alkanes) is 2. The maximum Gasteiger partial charge on any atom is 0.0257 e. The van der Waals surface area contributed by atoms with Crippen LogP contribution in [0.2, 0.25) is 0 Å². The summed E-state index contributed by atoms with van der Waals surface area (Å²) in [4.78, 5) is 2.44. The highest BCUT2D eigenvalue weighted by Crippen LogP contribution is 2.11. The largest absolute Gasteiger partial charge is 0.294 e. The van der Waals surface area contributed by atoms with Gasteiger partial charge in [-0.15, -0.1) is 0 Å². The van der Waals surface area contributed by atoms with Gasteiger partial charge < -0.3 is 0 Å². The zero-order chi connectivity index (χ0) is 9.56. The molecule has 0 aromatic rings. The van der Waals surface area contributed by atoms with Crippen LogP contribution in [0.5, 0.6) is 0 Å². The van der Waals surface area contributed by atoms with Crippen LogP contribution >= 0.6 is 0 Å². The van der Waals surface area contributed by atoms with Gasteiger partial charge in [0, 0.05) is 18.6 Å². The molecule has 0 aromatic carbocycles. The van der Waals surface area contributed by atoms with Gasteiger partial charge in [0.2, 0.25) is 0 Å². The van der Waals surface area contributed by atoms with E-state index >= 15 is 0 Å². The Morgan fingerprint density at radius 1 is 1.08 bits per heavy atom. The molecule has 0 fully saturated rings. The van der Waals surface area contributed by atoms with Gasteiger partial charge in [0.25, 0.3) is 0 Å². The average molecular weight is 170 g/mol. The number of rotatable bonds is 6. The maximum atomic E-state index is 2.44. The summed E-state index contributed by atoms with van der Waals surface area (Å²) in [5, 5.41) is 0. The molecule has 0 saturated carbocycles. The first kappa shape index (κ1) is 12.0. The second kappa shape index (κ2) is 6.47. The zero-order valence-corrected chi connectivity index (χ0v) is 9.30. The van der Waals surface area contributed by atoms with E-state index < -0.39 is 0 Å². The number of hydrogen-bond donors (Lipinski definition) is 0. The third kappa shape index (κ3) is 4.76. The Bertz CT molecular complexity index is 89.2. The topological polar surface area (TPSA) is 3.24 Å². The van der Waals surface area contributed by atoms with Crippen molar-refractivity contribution in [3.63, 3.8) is 0 Å². The summed E-state index contributed by atoms with van der Waals surface area (Å²) in [6, 6.07) is 1.28. The molecule has 0 bridgehead atoms. The molecule has 0 rings (SSSR count). The van der Waals surface area contributed by atoms with Crippen molar-refractivity contribution in [3.05, 3.63) is 6.54 Å². The molecular formula is C11H24N. The van der Waals surface area contributed by atoms with Gasteiger partial charge in [0.1, 0.15) is 0 Å². The van der Waals surface area contributed by atoms with Crippen LogP contribution in [0.1, 0.15) is 53.9 Å². The first-order valence-corrected chi connectivity index (χ1v) is 5.20. The van der Waals surface area contributed by atoms with E-state index in [9.17, 15) is 0 Å². The van der Waals surface area contributed by atoms with Crippen LogP contribution in [0.3, 0.4) is 0 Å². The van der Waals surface area contributed by atoms with Gasteiger partial charge in [-0.05, 0) is 34.1 Å². The molecule has 73 valence electrons. The fourth-order valence-electron chi connectivity index (χ4n) is 1.46. The normalized spacial score (nSPS) is 12.0. The molecule has 0 heterocycles. The lowest BCUT2D eigenvalue weighted by atomic mass is 10.2. The Hall–Kier alpha value is -0.0400. The lowest BCUT2D eigenvalue weighted by molar-refractivity contribution is 0.215. The van der Waals surface area contributed by atoms with E-state index in [0.29, 0.717) is 12.1 Å². The highest BCUT2D eigenvalue weighted by atomic mass is 15.2. The average Bonchev–Trinajstić information content (AvgIpc) is 1.96. The van der Waals surface area contributed by atoms with Gasteiger partial charge in [-0.3, -0.25) is 4.90 Å². The number of hydrogen-bond acceptors (Lipinski definition) is 1. The lowest BCUT2D eigenvalue weighted by Gasteiger charge is -2.29. The SMILES string of the molecule is CCCC[CH]N(C(C)C)C(C)C. The molecule has 0 spiro atoms. The van der Waals surface area contributed by atoms with Gasteiger partial charge in [0.15, 0.2) is 0 Å². The van der Waals surface area contributed by atoms with Crippen molar-refractivity contribution >= 4 is 0 Å². The molecule has 0 unspecified atom stereocenters. The van der Waals surface area contributed by atoms with Crippen LogP contribution in [-0.2, 0) is 0 Å². The van der Waals surface area contributed by atoms with Crippen molar-refractivity contribution in [2.45, 2.75) is 66.0 Å². The predicted octanol–water partition coefficient (Wildman–Crippen LogP) is 3.46. The van der Waals surface area contributed by atoms with Crippen LogP contribution in [0.15, 0.2) is 0 Å². The van der Waals surface area contributed by atoms with E-state index in [1.807, 2.05) is 0 Å². The molecule has 0 N–H and O–H groups in total. The fourth-order valence-corrected chi connectivity index (χ4v) is 1.46. The third-order valence-corrected chi connectivity index (χ3v) is 2.09. The Balaban J connectivity index is 3.64. The van der Waals surface area contributed by atoms with Gasteiger partial charge in [0.05, 0.1) is 0 Å².